The van der Waals surface area contributed by atoms with Crippen LogP contribution in [0.5, 0.6) is 0 Å². The van der Waals surface area contributed by atoms with Crippen LogP contribution >= 0.6 is 0 Å². The molecule has 0 N–H and O–H groups in total. The highest BCUT2D eigenvalue weighted by molar-refractivity contribution is 5.78. The van der Waals surface area contributed by atoms with E-state index in [0.29, 0.717) is 23.8 Å². The molecule has 4 fully saturated rings. The van der Waals surface area contributed by atoms with E-state index in [1.54, 1.807) is 0 Å². The number of piperidine rings is 2. The third-order valence-electron chi connectivity index (χ3n) is 7.74. The summed E-state index contributed by atoms with van der Waals surface area (Å²) in [5.74, 6) is 1.02. The van der Waals surface area contributed by atoms with Gasteiger partial charge >= 0.3 is 0 Å². The van der Waals surface area contributed by atoms with Gasteiger partial charge in [0.25, 0.3) is 0 Å². The van der Waals surface area contributed by atoms with Gasteiger partial charge in [0, 0.05) is 32.2 Å². The van der Waals surface area contributed by atoms with E-state index in [9.17, 15) is 4.79 Å². The third kappa shape index (κ3) is 3.99. The lowest BCUT2D eigenvalue weighted by Gasteiger charge is -2.50. The predicted molar refractivity (Wildman–Crippen MR) is 112 cm³/mol. The summed E-state index contributed by atoms with van der Waals surface area (Å²) in [4.78, 5) is 20.1. The van der Waals surface area contributed by atoms with Crippen molar-refractivity contribution in [3.05, 3.63) is 35.9 Å². The van der Waals surface area contributed by atoms with Gasteiger partial charge in [-0.1, -0.05) is 30.3 Å². The molecule has 4 heteroatoms. The van der Waals surface area contributed by atoms with Crippen LogP contribution in [0.3, 0.4) is 0 Å². The molecule has 3 aliphatic heterocycles. The summed E-state index contributed by atoms with van der Waals surface area (Å²) in [6.45, 7) is 7.29. The first-order valence-corrected chi connectivity index (χ1v) is 11.5. The molecule has 0 bridgehead atoms. The molecule has 3 saturated heterocycles. The Balaban J connectivity index is 1.24. The van der Waals surface area contributed by atoms with E-state index in [4.69, 9.17) is 0 Å². The number of carbonyl (C=O) groups excluding carboxylic acids is 1. The lowest BCUT2D eigenvalue weighted by Crippen LogP contribution is -2.53. The summed E-state index contributed by atoms with van der Waals surface area (Å²) in [6, 6.07) is 12.0. The lowest BCUT2D eigenvalue weighted by molar-refractivity contribution is -0.135. The Morgan fingerprint density at radius 3 is 2.39 bits per heavy atom. The van der Waals surface area contributed by atoms with Crippen LogP contribution in [0.2, 0.25) is 0 Å². The number of nitrogens with zero attached hydrogens (tertiary/aromatic N) is 3. The van der Waals surface area contributed by atoms with E-state index < -0.39 is 0 Å². The number of carbonyl (C=O) groups is 1. The van der Waals surface area contributed by atoms with Gasteiger partial charge in [0.2, 0.25) is 5.91 Å². The molecule has 1 aromatic carbocycles. The number of benzene rings is 1. The first-order chi connectivity index (χ1) is 13.7. The maximum Gasteiger partial charge on any atom is 0.236 e. The minimum absolute atomic E-state index is 0.367. The summed E-state index contributed by atoms with van der Waals surface area (Å²) in [6.07, 6.45) is 8.96. The fraction of sp³-hybridized carbons (Fsp3) is 0.708. The lowest BCUT2D eigenvalue weighted by atomic mass is 9.68. The second-order valence-corrected chi connectivity index (χ2v) is 9.84. The summed E-state index contributed by atoms with van der Waals surface area (Å²) < 4.78 is 0. The summed E-state index contributed by atoms with van der Waals surface area (Å²) >= 11 is 0. The summed E-state index contributed by atoms with van der Waals surface area (Å²) in [5, 5.41) is 0. The van der Waals surface area contributed by atoms with Crippen molar-refractivity contribution in [2.75, 3.05) is 45.8 Å². The van der Waals surface area contributed by atoms with Gasteiger partial charge in [-0.05, 0) is 74.9 Å². The zero-order valence-corrected chi connectivity index (χ0v) is 17.2. The highest BCUT2D eigenvalue weighted by Gasteiger charge is 2.46. The minimum Gasteiger partial charge on any atom is -0.342 e. The predicted octanol–water partition coefficient (Wildman–Crippen LogP) is 3.34. The Labute approximate surface area is 169 Å². The average Bonchev–Trinajstić information content (AvgIpc) is 3.46. The van der Waals surface area contributed by atoms with Gasteiger partial charge in [-0.2, -0.15) is 0 Å². The molecule has 3 heterocycles. The van der Waals surface area contributed by atoms with Crippen molar-refractivity contribution in [2.24, 2.45) is 5.41 Å². The number of likely N-dealkylation sites (tertiary alicyclic amines) is 3. The Morgan fingerprint density at radius 2 is 1.71 bits per heavy atom. The average molecular weight is 382 g/mol. The van der Waals surface area contributed by atoms with E-state index in [2.05, 4.69) is 45.0 Å². The largest absolute Gasteiger partial charge is 0.342 e. The molecule has 1 spiro atoms. The first-order valence-electron chi connectivity index (χ1n) is 11.5. The van der Waals surface area contributed by atoms with Crippen LogP contribution in [0.15, 0.2) is 30.3 Å². The number of hydrogen-bond donors (Lipinski definition) is 0. The van der Waals surface area contributed by atoms with Crippen molar-refractivity contribution in [3.63, 3.8) is 0 Å². The number of amides is 1. The van der Waals surface area contributed by atoms with E-state index in [1.807, 2.05) is 0 Å². The molecule has 152 valence electrons. The van der Waals surface area contributed by atoms with E-state index in [-0.39, 0.29) is 0 Å². The van der Waals surface area contributed by atoms with Gasteiger partial charge in [0.1, 0.15) is 0 Å². The van der Waals surface area contributed by atoms with Crippen LogP contribution in [0.4, 0.5) is 0 Å². The summed E-state index contributed by atoms with van der Waals surface area (Å²) in [7, 11) is 0. The van der Waals surface area contributed by atoms with Gasteiger partial charge in [-0.15, -0.1) is 0 Å². The van der Waals surface area contributed by atoms with Crippen LogP contribution in [0.1, 0.15) is 56.4 Å². The van der Waals surface area contributed by atoms with E-state index in [0.717, 1.165) is 32.2 Å². The fourth-order valence-electron chi connectivity index (χ4n) is 5.92. The Hall–Kier alpha value is -1.39. The first kappa shape index (κ1) is 18.6. The van der Waals surface area contributed by atoms with Crippen LogP contribution in [-0.2, 0) is 4.79 Å². The van der Waals surface area contributed by atoms with E-state index >= 15 is 0 Å². The van der Waals surface area contributed by atoms with Crippen molar-refractivity contribution in [2.45, 2.75) is 56.9 Å². The Kier molecular flexibility index (Phi) is 5.18. The topological polar surface area (TPSA) is 26.8 Å². The van der Waals surface area contributed by atoms with Gasteiger partial charge in [-0.3, -0.25) is 14.6 Å². The molecule has 1 atom stereocenters. The van der Waals surface area contributed by atoms with Crippen molar-refractivity contribution in [3.8, 4) is 0 Å². The summed E-state index contributed by atoms with van der Waals surface area (Å²) in [5.41, 5.74) is 1.92. The van der Waals surface area contributed by atoms with Crippen molar-refractivity contribution < 1.29 is 4.79 Å². The third-order valence-corrected chi connectivity index (χ3v) is 7.74. The normalized spacial score (nSPS) is 28.7. The Morgan fingerprint density at radius 1 is 1.00 bits per heavy atom. The fourth-order valence-corrected chi connectivity index (χ4v) is 5.92. The van der Waals surface area contributed by atoms with Crippen molar-refractivity contribution in [1.82, 2.24) is 14.7 Å². The smallest absolute Gasteiger partial charge is 0.236 e. The highest BCUT2D eigenvalue weighted by Crippen LogP contribution is 2.47. The molecule has 4 nitrogen and oxygen atoms in total. The quantitative estimate of drug-likeness (QED) is 0.800. The maximum atomic E-state index is 12.8. The van der Waals surface area contributed by atoms with Crippen LogP contribution in [0, 0.1) is 5.41 Å². The van der Waals surface area contributed by atoms with Gasteiger partial charge < -0.3 is 4.90 Å². The van der Waals surface area contributed by atoms with Crippen LogP contribution < -0.4 is 0 Å². The molecule has 4 aliphatic rings. The molecule has 0 aromatic heterocycles. The van der Waals surface area contributed by atoms with Crippen molar-refractivity contribution >= 4 is 5.91 Å². The van der Waals surface area contributed by atoms with Gasteiger partial charge in [-0.25, -0.2) is 0 Å². The maximum absolute atomic E-state index is 12.8. The molecule has 5 rings (SSSR count). The second-order valence-electron chi connectivity index (χ2n) is 9.84. The van der Waals surface area contributed by atoms with Crippen LogP contribution in [-0.4, -0.2) is 72.5 Å². The molecular formula is C24H35N3O. The zero-order chi connectivity index (χ0) is 19.0. The highest BCUT2D eigenvalue weighted by atomic mass is 16.2. The molecule has 1 saturated carbocycles. The van der Waals surface area contributed by atoms with E-state index in [1.165, 1.54) is 63.6 Å². The molecule has 1 amide bonds. The number of rotatable bonds is 4. The Bertz CT molecular complexity index is 672. The standard InChI is InChI=1S/C24H35N3O/c28-23(18-25-12-4-5-13-25)26-14-10-24(11-15-26)16-21(20-6-2-1-3-7-20)17-27(19-24)22-8-9-22/h1-3,6-7,21-22H,4-5,8-19H2. The van der Waals surface area contributed by atoms with Crippen molar-refractivity contribution in [1.29, 1.82) is 0 Å². The van der Waals surface area contributed by atoms with Gasteiger partial charge in [0.15, 0.2) is 0 Å². The molecule has 1 unspecified atom stereocenters. The molecule has 1 aliphatic carbocycles. The molecule has 1 aromatic rings. The van der Waals surface area contributed by atoms with Gasteiger partial charge in [0.05, 0.1) is 6.54 Å². The number of hydrogen-bond acceptors (Lipinski definition) is 3. The molecule has 28 heavy (non-hydrogen) atoms. The molecule has 0 radical (unpaired) electrons. The van der Waals surface area contributed by atoms with Crippen LogP contribution in [0.25, 0.3) is 0 Å². The minimum atomic E-state index is 0.367. The monoisotopic (exact) mass is 381 g/mol. The second kappa shape index (κ2) is 7.79. The zero-order valence-electron chi connectivity index (χ0n) is 17.2. The SMILES string of the molecule is O=C(CN1CCCC1)N1CCC2(CC1)CC(c1ccccc1)CN(C1CC1)C2. The molecular weight excluding hydrogens is 346 g/mol.